The molecule has 0 aliphatic carbocycles. The van der Waals surface area contributed by atoms with Crippen molar-refractivity contribution in [1.82, 2.24) is 35.0 Å². The Morgan fingerprint density at radius 2 is 2.00 bits per heavy atom. The number of hydrogen-bond acceptors (Lipinski definition) is 8. The molecule has 10 heteroatoms. The van der Waals surface area contributed by atoms with Crippen LogP contribution in [0.4, 0.5) is 5.82 Å². The minimum Gasteiger partial charge on any atom is -0.394 e. The van der Waals surface area contributed by atoms with Gasteiger partial charge in [-0.3, -0.25) is 4.79 Å². The molecule has 0 saturated carbocycles. The van der Waals surface area contributed by atoms with E-state index in [0.717, 1.165) is 11.1 Å². The standard InChI is InChI=1S/C23H24N8O2/c1-15-4-3-5-16(10-15)19(13-32)28-23(33)17-6-9-25-20(11-17)26-12-21-29-30-22(31(21)2)18-7-8-24-14-27-18/h3-11,14,19,32H,12-13H2,1-2H3,(H,25,26)(H,28,33)/t19-/m0/s1. The van der Waals surface area contributed by atoms with Gasteiger partial charge in [0.1, 0.15) is 17.8 Å². The molecule has 4 rings (SSSR count). The van der Waals surface area contributed by atoms with Gasteiger partial charge in [0.15, 0.2) is 11.6 Å². The van der Waals surface area contributed by atoms with Crippen LogP contribution in [0.1, 0.15) is 33.4 Å². The molecule has 3 heterocycles. The summed E-state index contributed by atoms with van der Waals surface area (Å²) >= 11 is 0. The molecule has 1 atom stereocenters. The van der Waals surface area contributed by atoms with Gasteiger partial charge in [0.05, 0.1) is 19.2 Å². The zero-order chi connectivity index (χ0) is 23.2. The van der Waals surface area contributed by atoms with Crippen LogP contribution >= 0.6 is 0 Å². The topological polar surface area (TPSA) is 131 Å². The monoisotopic (exact) mass is 444 g/mol. The molecule has 0 fully saturated rings. The Hall–Kier alpha value is -4.18. The smallest absolute Gasteiger partial charge is 0.252 e. The van der Waals surface area contributed by atoms with Crippen LogP contribution in [0.5, 0.6) is 0 Å². The number of carbonyl (C=O) groups excluding carboxylic acids is 1. The maximum absolute atomic E-state index is 12.8. The zero-order valence-corrected chi connectivity index (χ0v) is 18.3. The Morgan fingerprint density at radius 1 is 1.12 bits per heavy atom. The lowest BCUT2D eigenvalue weighted by Crippen LogP contribution is -2.30. The van der Waals surface area contributed by atoms with Crippen molar-refractivity contribution in [3.05, 3.63) is 83.7 Å². The van der Waals surface area contributed by atoms with Gasteiger partial charge in [-0.15, -0.1) is 10.2 Å². The molecule has 168 valence electrons. The molecule has 3 N–H and O–H groups in total. The minimum atomic E-state index is -0.499. The van der Waals surface area contributed by atoms with Crippen LogP contribution in [0.15, 0.2) is 61.2 Å². The van der Waals surface area contributed by atoms with E-state index in [1.54, 1.807) is 30.6 Å². The summed E-state index contributed by atoms with van der Waals surface area (Å²) < 4.78 is 1.83. The number of aryl methyl sites for hydroxylation is 1. The number of aliphatic hydroxyl groups is 1. The molecule has 0 bridgehead atoms. The summed E-state index contributed by atoms with van der Waals surface area (Å²) in [7, 11) is 1.85. The molecule has 33 heavy (non-hydrogen) atoms. The molecule has 0 unspecified atom stereocenters. The fourth-order valence-electron chi connectivity index (χ4n) is 3.36. The van der Waals surface area contributed by atoms with Gasteiger partial charge in [-0.1, -0.05) is 29.8 Å². The second-order valence-corrected chi connectivity index (χ2v) is 7.50. The highest BCUT2D eigenvalue weighted by Gasteiger charge is 2.16. The van der Waals surface area contributed by atoms with Gasteiger partial charge in [-0.25, -0.2) is 15.0 Å². The van der Waals surface area contributed by atoms with Gasteiger partial charge in [0.25, 0.3) is 5.91 Å². The summed E-state index contributed by atoms with van der Waals surface area (Å²) in [6.07, 6.45) is 4.67. The number of aromatic nitrogens is 6. The Kier molecular flexibility index (Phi) is 6.65. The first-order valence-electron chi connectivity index (χ1n) is 10.4. The summed E-state index contributed by atoms with van der Waals surface area (Å²) in [5.74, 6) is 1.53. The Balaban J connectivity index is 1.43. The third kappa shape index (κ3) is 5.18. The van der Waals surface area contributed by atoms with Crippen LogP contribution in [-0.4, -0.2) is 47.3 Å². The number of pyridine rings is 1. The van der Waals surface area contributed by atoms with Crippen LogP contribution in [0.2, 0.25) is 0 Å². The molecule has 3 aromatic heterocycles. The molecule has 1 amide bonds. The van der Waals surface area contributed by atoms with Crippen LogP contribution < -0.4 is 10.6 Å². The molecule has 4 aromatic rings. The highest BCUT2D eigenvalue weighted by Crippen LogP contribution is 2.17. The van der Waals surface area contributed by atoms with Gasteiger partial charge in [-0.05, 0) is 30.7 Å². The van der Waals surface area contributed by atoms with Gasteiger partial charge in [0.2, 0.25) is 0 Å². The molecule has 0 radical (unpaired) electrons. The highest BCUT2D eigenvalue weighted by atomic mass is 16.3. The summed E-state index contributed by atoms with van der Waals surface area (Å²) in [5, 5.41) is 24.2. The van der Waals surface area contributed by atoms with Crippen molar-refractivity contribution in [3.63, 3.8) is 0 Å². The first-order valence-corrected chi connectivity index (χ1v) is 10.4. The largest absolute Gasteiger partial charge is 0.394 e. The van der Waals surface area contributed by atoms with E-state index in [9.17, 15) is 9.90 Å². The number of aliphatic hydroxyl groups excluding tert-OH is 1. The molecule has 10 nitrogen and oxygen atoms in total. The predicted octanol–water partition coefficient (Wildman–Crippen LogP) is 2.05. The SMILES string of the molecule is Cc1cccc([C@H](CO)NC(=O)c2ccnc(NCc3nnc(-c4ccncn4)n3C)c2)c1. The molecule has 0 aliphatic heterocycles. The molecule has 1 aromatic carbocycles. The van der Waals surface area contributed by atoms with Crippen LogP contribution in [-0.2, 0) is 13.6 Å². The minimum absolute atomic E-state index is 0.202. The van der Waals surface area contributed by atoms with Gasteiger partial charge in [-0.2, -0.15) is 0 Å². The van der Waals surface area contributed by atoms with Crippen LogP contribution in [0.25, 0.3) is 11.5 Å². The number of carbonyl (C=O) groups is 1. The van der Waals surface area contributed by atoms with Crippen molar-refractivity contribution < 1.29 is 9.90 Å². The molecule has 0 saturated heterocycles. The predicted molar refractivity (Wildman–Crippen MR) is 122 cm³/mol. The average Bonchev–Trinajstić information content (AvgIpc) is 3.22. The van der Waals surface area contributed by atoms with E-state index in [0.29, 0.717) is 35.3 Å². The maximum Gasteiger partial charge on any atom is 0.252 e. The second-order valence-electron chi connectivity index (χ2n) is 7.50. The summed E-state index contributed by atoms with van der Waals surface area (Å²) in [6.45, 7) is 2.12. The lowest BCUT2D eigenvalue weighted by molar-refractivity contribution is 0.0916. The number of hydrogen-bond donors (Lipinski definition) is 3. The van der Waals surface area contributed by atoms with E-state index in [1.807, 2.05) is 42.8 Å². The molecular weight excluding hydrogens is 420 g/mol. The highest BCUT2D eigenvalue weighted by molar-refractivity contribution is 5.95. The normalized spacial score (nSPS) is 11.7. The third-order valence-corrected chi connectivity index (χ3v) is 5.16. The first kappa shape index (κ1) is 22.0. The summed E-state index contributed by atoms with van der Waals surface area (Å²) in [4.78, 5) is 25.2. The summed E-state index contributed by atoms with van der Waals surface area (Å²) in [6, 6.07) is 12.2. The van der Waals surface area contributed by atoms with Crippen molar-refractivity contribution >= 4 is 11.7 Å². The van der Waals surface area contributed by atoms with E-state index in [4.69, 9.17) is 0 Å². The number of nitrogens with zero attached hydrogens (tertiary/aromatic N) is 6. The van der Waals surface area contributed by atoms with E-state index in [1.165, 1.54) is 6.33 Å². The Labute approximate surface area is 190 Å². The van der Waals surface area contributed by atoms with E-state index in [-0.39, 0.29) is 12.5 Å². The lowest BCUT2D eigenvalue weighted by Gasteiger charge is -2.17. The van der Waals surface area contributed by atoms with Crippen LogP contribution in [0.3, 0.4) is 0 Å². The second kappa shape index (κ2) is 9.96. The van der Waals surface area contributed by atoms with E-state index >= 15 is 0 Å². The van der Waals surface area contributed by atoms with E-state index in [2.05, 4.69) is 35.8 Å². The Morgan fingerprint density at radius 3 is 2.76 bits per heavy atom. The molecule has 0 aliphatic rings. The van der Waals surface area contributed by atoms with Crippen molar-refractivity contribution in [2.24, 2.45) is 7.05 Å². The fourth-order valence-corrected chi connectivity index (χ4v) is 3.36. The number of benzene rings is 1. The summed E-state index contributed by atoms with van der Waals surface area (Å²) in [5.41, 5.74) is 3.01. The van der Waals surface area contributed by atoms with Crippen molar-refractivity contribution in [2.45, 2.75) is 19.5 Å². The number of rotatable bonds is 8. The van der Waals surface area contributed by atoms with Gasteiger partial charge < -0.3 is 20.3 Å². The van der Waals surface area contributed by atoms with Crippen molar-refractivity contribution in [3.8, 4) is 11.5 Å². The fraction of sp³-hybridized carbons (Fsp3) is 0.217. The quantitative estimate of drug-likeness (QED) is 0.376. The molecular formula is C23H24N8O2. The number of amides is 1. The van der Waals surface area contributed by atoms with Gasteiger partial charge >= 0.3 is 0 Å². The number of anilines is 1. The average molecular weight is 444 g/mol. The lowest BCUT2D eigenvalue weighted by atomic mass is 10.0. The van der Waals surface area contributed by atoms with Crippen LogP contribution in [0, 0.1) is 6.92 Å². The molecule has 0 spiro atoms. The van der Waals surface area contributed by atoms with E-state index < -0.39 is 6.04 Å². The van der Waals surface area contributed by atoms with Gasteiger partial charge in [0, 0.05) is 25.0 Å². The third-order valence-electron chi connectivity index (χ3n) is 5.16. The van der Waals surface area contributed by atoms with Crippen molar-refractivity contribution in [2.75, 3.05) is 11.9 Å². The number of nitrogens with one attached hydrogen (secondary N) is 2. The maximum atomic E-state index is 12.8. The van der Waals surface area contributed by atoms with Crippen molar-refractivity contribution in [1.29, 1.82) is 0 Å². The first-order chi connectivity index (χ1) is 16.0. The zero-order valence-electron chi connectivity index (χ0n) is 18.3. The Bertz CT molecular complexity index is 1240.